The van der Waals surface area contributed by atoms with Gasteiger partial charge in [0.1, 0.15) is 11.9 Å². The van der Waals surface area contributed by atoms with E-state index in [2.05, 4.69) is 5.32 Å². The molecule has 0 fully saturated rings. The second-order valence-corrected chi connectivity index (χ2v) is 3.15. The Morgan fingerprint density at radius 2 is 2.21 bits per heavy atom. The molecule has 0 saturated heterocycles. The van der Waals surface area contributed by atoms with Crippen LogP contribution in [0.2, 0.25) is 0 Å². The van der Waals surface area contributed by atoms with Crippen LogP contribution in [0.5, 0.6) is 0 Å². The number of nitrogens with one attached hydrogen (secondary N) is 1. The van der Waals surface area contributed by atoms with Gasteiger partial charge in [-0.2, -0.15) is 0 Å². The predicted molar refractivity (Wildman–Crippen MR) is 51.4 cm³/mol. The van der Waals surface area contributed by atoms with Gasteiger partial charge in [0.15, 0.2) is 0 Å². The fourth-order valence-electron chi connectivity index (χ4n) is 0.959. The molecule has 1 aromatic rings. The Kier molecular flexibility index (Phi) is 3.19. The third kappa shape index (κ3) is 2.53. The molecule has 0 spiro atoms. The Bertz CT molecular complexity index is 350. The van der Waals surface area contributed by atoms with Crippen molar-refractivity contribution in [2.24, 2.45) is 0 Å². The van der Waals surface area contributed by atoms with Crippen molar-refractivity contribution in [3.8, 4) is 0 Å². The van der Waals surface area contributed by atoms with Gasteiger partial charge in [-0.05, 0) is 31.5 Å². The van der Waals surface area contributed by atoms with Gasteiger partial charge >= 0.3 is 0 Å². The second-order valence-electron chi connectivity index (χ2n) is 3.15. The number of halogens is 1. The number of carbonyl (C=O) groups excluding carboxylic acids is 1. The van der Waals surface area contributed by atoms with Crippen LogP contribution in [0.15, 0.2) is 18.2 Å². The Morgan fingerprint density at radius 3 is 2.71 bits per heavy atom. The van der Waals surface area contributed by atoms with Gasteiger partial charge in [0.25, 0.3) is 5.91 Å². The van der Waals surface area contributed by atoms with Crippen LogP contribution in [0.4, 0.5) is 10.1 Å². The number of aliphatic hydroxyl groups excluding tert-OH is 1. The van der Waals surface area contributed by atoms with Crippen LogP contribution in [-0.2, 0) is 4.79 Å². The summed E-state index contributed by atoms with van der Waals surface area (Å²) >= 11 is 0. The third-order valence-electron chi connectivity index (χ3n) is 1.76. The van der Waals surface area contributed by atoms with Crippen LogP contribution >= 0.6 is 0 Å². The van der Waals surface area contributed by atoms with E-state index in [1.54, 1.807) is 13.0 Å². The summed E-state index contributed by atoms with van der Waals surface area (Å²) in [5, 5.41) is 11.2. The molecular weight excluding hydrogens is 185 g/mol. The zero-order valence-corrected chi connectivity index (χ0v) is 8.04. The Labute approximate surface area is 81.6 Å². The fourth-order valence-corrected chi connectivity index (χ4v) is 0.959. The highest BCUT2D eigenvalue weighted by Gasteiger charge is 2.11. The van der Waals surface area contributed by atoms with E-state index < -0.39 is 17.8 Å². The normalized spacial score (nSPS) is 12.3. The predicted octanol–water partition coefficient (Wildman–Crippen LogP) is 1.45. The average Bonchev–Trinajstić information content (AvgIpc) is 2.09. The van der Waals surface area contributed by atoms with E-state index in [1.165, 1.54) is 19.1 Å². The van der Waals surface area contributed by atoms with Crippen molar-refractivity contribution in [2.45, 2.75) is 20.0 Å². The fraction of sp³-hybridized carbons (Fsp3) is 0.300. The lowest BCUT2D eigenvalue weighted by molar-refractivity contribution is -0.123. The van der Waals surface area contributed by atoms with Crippen molar-refractivity contribution < 1.29 is 14.3 Å². The smallest absolute Gasteiger partial charge is 0.252 e. The van der Waals surface area contributed by atoms with Crippen molar-refractivity contribution in [3.63, 3.8) is 0 Å². The first-order valence-electron chi connectivity index (χ1n) is 4.26. The summed E-state index contributed by atoms with van der Waals surface area (Å²) in [5.74, 6) is -1.12. The molecule has 1 rings (SSSR count). The van der Waals surface area contributed by atoms with E-state index in [9.17, 15) is 9.18 Å². The van der Waals surface area contributed by atoms with Gasteiger partial charge in [-0.15, -0.1) is 0 Å². The van der Waals surface area contributed by atoms with E-state index in [4.69, 9.17) is 5.11 Å². The van der Waals surface area contributed by atoms with Crippen LogP contribution < -0.4 is 5.32 Å². The van der Waals surface area contributed by atoms with Gasteiger partial charge in [-0.1, -0.05) is 6.07 Å². The number of rotatable bonds is 2. The molecule has 0 aliphatic heterocycles. The van der Waals surface area contributed by atoms with Crippen LogP contribution in [-0.4, -0.2) is 17.1 Å². The minimum absolute atomic E-state index is 0.0847. The quantitative estimate of drug-likeness (QED) is 0.754. The van der Waals surface area contributed by atoms with E-state index in [1.807, 2.05) is 0 Å². The third-order valence-corrected chi connectivity index (χ3v) is 1.76. The van der Waals surface area contributed by atoms with Gasteiger partial charge in [0.2, 0.25) is 0 Å². The zero-order chi connectivity index (χ0) is 10.7. The lowest BCUT2D eigenvalue weighted by Crippen LogP contribution is -2.24. The average molecular weight is 197 g/mol. The molecule has 1 unspecified atom stereocenters. The van der Waals surface area contributed by atoms with E-state index in [0.717, 1.165) is 5.56 Å². The van der Waals surface area contributed by atoms with E-state index in [0.29, 0.717) is 0 Å². The molecule has 1 aromatic carbocycles. The number of benzene rings is 1. The molecule has 0 radical (unpaired) electrons. The van der Waals surface area contributed by atoms with Crippen molar-refractivity contribution >= 4 is 11.6 Å². The van der Waals surface area contributed by atoms with E-state index >= 15 is 0 Å². The second kappa shape index (κ2) is 4.19. The molecule has 0 bridgehead atoms. The molecule has 1 amide bonds. The van der Waals surface area contributed by atoms with Crippen LogP contribution in [0.25, 0.3) is 0 Å². The highest BCUT2D eigenvalue weighted by Crippen LogP contribution is 2.15. The largest absolute Gasteiger partial charge is 0.384 e. The zero-order valence-electron chi connectivity index (χ0n) is 8.04. The summed E-state index contributed by atoms with van der Waals surface area (Å²) in [5.41, 5.74) is 0.860. The van der Waals surface area contributed by atoms with Crippen molar-refractivity contribution in [1.82, 2.24) is 0 Å². The first-order valence-corrected chi connectivity index (χ1v) is 4.26. The van der Waals surface area contributed by atoms with Crippen LogP contribution in [0.3, 0.4) is 0 Å². The van der Waals surface area contributed by atoms with Gasteiger partial charge in [0.05, 0.1) is 5.69 Å². The van der Waals surface area contributed by atoms with Crippen molar-refractivity contribution in [3.05, 3.63) is 29.6 Å². The molecule has 0 aliphatic carbocycles. The highest BCUT2D eigenvalue weighted by molar-refractivity contribution is 5.93. The first kappa shape index (κ1) is 10.7. The van der Waals surface area contributed by atoms with Gasteiger partial charge in [-0.3, -0.25) is 4.79 Å². The van der Waals surface area contributed by atoms with E-state index in [-0.39, 0.29) is 5.69 Å². The van der Waals surface area contributed by atoms with Crippen LogP contribution in [0, 0.1) is 12.7 Å². The molecule has 0 aromatic heterocycles. The Morgan fingerprint density at radius 1 is 1.57 bits per heavy atom. The lowest BCUT2D eigenvalue weighted by atomic mass is 10.2. The number of aliphatic hydroxyl groups is 1. The standard InChI is InChI=1S/C10H12FNO2/c1-6-3-4-9(8(11)5-6)12-10(14)7(2)13/h3-5,7,13H,1-2H3,(H,12,14). The SMILES string of the molecule is Cc1ccc(NC(=O)C(C)O)c(F)c1. The maximum absolute atomic E-state index is 13.2. The van der Waals surface area contributed by atoms with Gasteiger partial charge < -0.3 is 10.4 Å². The molecule has 0 aliphatic rings. The monoisotopic (exact) mass is 197 g/mol. The number of hydrogen-bond donors (Lipinski definition) is 2. The maximum atomic E-state index is 13.2. The maximum Gasteiger partial charge on any atom is 0.252 e. The molecule has 4 heteroatoms. The summed E-state index contributed by atoms with van der Waals surface area (Å²) in [6.07, 6.45) is -1.14. The number of aryl methyl sites for hydroxylation is 1. The number of carbonyl (C=O) groups is 1. The minimum Gasteiger partial charge on any atom is -0.384 e. The lowest BCUT2D eigenvalue weighted by Gasteiger charge is -2.08. The molecule has 14 heavy (non-hydrogen) atoms. The molecule has 0 heterocycles. The summed E-state index contributed by atoms with van der Waals surface area (Å²) in [6, 6.07) is 4.46. The minimum atomic E-state index is -1.14. The number of anilines is 1. The number of amides is 1. The number of hydrogen-bond acceptors (Lipinski definition) is 2. The van der Waals surface area contributed by atoms with Gasteiger partial charge in [-0.25, -0.2) is 4.39 Å². The topological polar surface area (TPSA) is 49.3 Å². The molecular formula is C10H12FNO2. The summed E-state index contributed by atoms with van der Waals surface area (Å²) in [7, 11) is 0. The van der Waals surface area contributed by atoms with Crippen LogP contribution in [0.1, 0.15) is 12.5 Å². The highest BCUT2D eigenvalue weighted by atomic mass is 19.1. The van der Waals surface area contributed by atoms with Crippen molar-refractivity contribution in [1.29, 1.82) is 0 Å². The summed E-state index contributed by atoms with van der Waals surface area (Å²) in [4.78, 5) is 11.0. The van der Waals surface area contributed by atoms with Crippen molar-refractivity contribution in [2.75, 3.05) is 5.32 Å². The van der Waals surface area contributed by atoms with Gasteiger partial charge in [0, 0.05) is 0 Å². The molecule has 0 saturated carbocycles. The molecule has 3 nitrogen and oxygen atoms in total. The summed E-state index contributed by atoms with van der Waals surface area (Å²) < 4.78 is 13.2. The Balaban J connectivity index is 2.82. The molecule has 2 N–H and O–H groups in total. The molecule has 1 atom stereocenters. The Hall–Kier alpha value is -1.42. The summed E-state index contributed by atoms with van der Waals surface area (Å²) in [6.45, 7) is 3.07. The molecule has 76 valence electrons. The first-order chi connectivity index (χ1) is 6.50.